The van der Waals surface area contributed by atoms with Gasteiger partial charge in [-0.05, 0) is 6.92 Å². The summed E-state index contributed by atoms with van der Waals surface area (Å²) in [4.78, 5) is 3.39. The van der Waals surface area contributed by atoms with Crippen LogP contribution >= 0.6 is 0 Å². The molecule has 0 atom stereocenters. The fraction of sp³-hybridized carbons (Fsp3) is 0.250. The van der Waals surface area contributed by atoms with Gasteiger partial charge in [0, 0.05) is 5.56 Å². The van der Waals surface area contributed by atoms with Crippen molar-refractivity contribution in [1.29, 1.82) is 5.26 Å². The second kappa shape index (κ2) is 3.35. The Bertz CT molecular complexity index is 371. The summed E-state index contributed by atoms with van der Waals surface area (Å²) in [6.45, 7) is 1.32. The Hall–Kier alpha value is -1.70. The molecule has 0 unspecified atom stereocenters. The Morgan fingerprint density at radius 2 is 2.23 bits per heavy atom. The Labute approximate surface area is 73.3 Å². The Balaban J connectivity index is 3.43. The summed E-state index contributed by atoms with van der Waals surface area (Å²) in [6.07, 6.45) is -1.81. The molecule has 0 fully saturated rings. The number of rotatable bonds is 1. The van der Waals surface area contributed by atoms with Crippen molar-refractivity contribution in [3.05, 3.63) is 23.0 Å². The van der Waals surface area contributed by atoms with Crippen LogP contribution in [0.4, 0.5) is 8.78 Å². The highest BCUT2D eigenvalue weighted by Crippen LogP contribution is 2.29. The Morgan fingerprint density at radius 3 is 2.69 bits per heavy atom. The topological polar surface area (TPSA) is 56.9 Å². The predicted molar refractivity (Wildman–Crippen MR) is 40.3 cm³/mol. The van der Waals surface area contributed by atoms with Gasteiger partial charge in [-0.1, -0.05) is 0 Å². The maximum Gasteiger partial charge on any atom is 0.267 e. The third-order valence-corrected chi connectivity index (χ3v) is 1.68. The van der Waals surface area contributed by atoms with Crippen LogP contribution in [0.3, 0.4) is 0 Å². The summed E-state index contributed by atoms with van der Waals surface area (Å²) in [5, 5.41) is 17.5. The molecule has 3 nitrogen and oxygen atoms in total. The number of hydrogen-bond donors (Lipinski definition) is 1. The van der Waals surface area contributed by atoms with Gasteiger partial charge in [-0.3, -0.25) is 0 Å². The molecule has 1 N–H and O–H groups in total. The van der Waals surface area contributed by atoms with Gasteiger partial charge in [-0.15, -0.1) is 0 Å². The predicted octanol–water partition coefficient (Wildman–Crippen LogP) is 1.90. The number of hydrogen-bond acceptors (Lipinski definition) is 3. The van der Waals surface area contributed by atoms with Gasteiger partial charge in [0.1, 0.15) is 17.5 Å². The molecule has 13 heavy (non-hydrogen) atoms. The number of nitrogens with zero attached hydrogens (tertiary/aromatic N) is 2. The second-order valence-electron chi connectivity index (χ2n) is 2.44. The van der Waals surface area contributed by atoms with Crippen LogP contribution in [0.2, 0.25) is 0 Å². The fourth-order valence-corrected chi connectivity index (χ4v) is 0.964. The van der Waals surface area contributed by atoms with Crippen LogP contribution in [-0.4, -0.2) is 10.1 Å². The molecule has 1 aromatic heterocycles. The van der Waals surface area contributed by atoms with Crippen molar-refractivity contribution in [2.24, 2.45) is 0 Å². The first-order valence-corrected chi connectivity index (χ1v) is 3.44. The van der Waals surface area contributed by atoms with Gasteiger partial charge in [0.15, 0.2) is 0 Å². The number of aromatic nitrogens is 1. The highest BCUT2D eigenvalue weighted by atomic mass is 19.3. The maximum atomic E-state index is 12.4. The van der Waals surface area contributed by atoms with Crippen molar-refractivity contribution < 1.29 is 13.9 Å². The lowest BCUT2D eigenvalue weighted by atomic mass is 10.1. The molecule has 0 aliphatic heterocycles. The summed E-state index contributed by atoms with van der Waals surface area (Å²) >= 11 is 0. The minimum Gasteiger partial charge on any atom is -0.506 e. The van der Waals surface area contributed by atoms with Crippen molar-refractivity contribution in [2.45, 2.75) is 13.3 Å². The van der Waals surface area contributed by atoms with E-state index in [-0.39, 0.29) is 17.0 Å². The van der Waals surface area contributed by atoms with Gasteiger partial charge in [0.05, 0.1) is 11.8 Å². The highest BCUT2D eigenvalue weighted by Gasteiger charge is 2.19. The van der Waals surface area contributed by atoms with Crippen LogP contribution in [0, 0.1) is 18.3 Å². The Morgan fingerprint density at radius 1 is 1.62 bits per heavy atom. The van der Waals surface area contributed by atoms with Crippen molar-refractivity contribution >= 4 is 0 Å². The number of nitriles is 1. The quantitative estimate of drug-likeness (QED) is 0.725. The third-order valence-electron chi connectivity index (χ3n) is 1.68. The molecule has 0 amide bonds. The highest BCUT2D eigenvalue weighted by molar-refractivity contribution is 5.44. The molecule has 0 aliphatic rings. The van der Waals surface area contributed by atoms with Crippen LogP contribution in [0.15, 0.2) is 6.20 Å². The van der Waals surface area contributed by atoms with E-state index in [9.17, 15) is 8.78 Å². The lowest BCUT2D eigenvalue weighted by Crippen LogP contribution is -1.97. The van der Waals surface area contributed by atoms with Gasteiger partial charge in [-0.25, -0.2) is 13.8 Å². The lowest BCUT2D eigenvalue weighted by molar-refractivity contribution is 0.149. The van der Waals surface area contributed by atoms with E-state index >= 15 is 0 Å². The molecular formula is C8H6F2N2O. The first kappa shape index (κ1) is 9.39. The van der Waals surface area contributed by atoms with Gasteiger partial charge < -0.3 is 5.11 Å². The van der Waals surface area contributed by atoms with Crippen molar-refractivity contribution in [2.75, 3.05) is 0 Å². The number of alkyl halides is 2. The summed E-state index contributed by atoms with van der Waals surface area (Å²) in [6, 6.07) is 1.54. The van der Waals surface area contributed by atoms with E-state index in [1.165, 1.54) is 6.92 Å². The van der Waals surface area contributed by atoms with E-state index in [1.807, 2.05) is 0 Å². The zero-order chi connectivity index (χ0) is 10.0. The largest absolute Gasteiger partial charge is 0.506 e. The van der Waals surface area contributed by atoms with Crippen LogP contribution in [-0.2, 0) is 0 Å². The maximum absolute atomic E-state index is 12.4. The van der Waals surface area contributed by atoms with Gasteiger partial charge in [0.2, 0.25) is 0 Å². The average molecular weight is 184 g/mol. The summed E-state index contributed by atoms with van der Waals surface area (Å²) in [7, 11) is 0. The molecule has 0 aliphatic carbocycles. The van der Waals surface area contributed by atoms with E-state index in [0.29, 0.717) is 0 Å². The van der Waals surface area contributed by atoms with Crippen LogP contribution in [0.5, 0.6) is 5.75 Å². The monoisotopic (exact) mass is 184 g/mol. The second-order valence-corrected chi connectivity index (χ2v) is 2.44. The van der Waals surface area contributed by atoms with E-state index < -0.39 is 12.0 Å². The van der Waals surface area contributed by atoms with Gasteiger partial charge in [0.25, 0.3) is 6.43 Å². The van der Waals surface area contributed by atoms with Crippen molar-refractivity contribution in [3.63, 3.8) is 0 Å². The third kappa shape index (κ3) is 1.56. The first-order chi connectivity index (χ1) is 6.07. The van der Waals surface area contributed by atoms with Crippen molar-refractivity contribution in [3.8, 4) is 11.8 Å². The molecule has 0 aromatic carbocycles. The van der Waals surface area contributed by atoms with E-state index in [0.717, 1.165) is 6.20 Å². The van der Waals surface area contributed by atoms with E-state index in [4.69, 9.17) is 10.4 Å². The number of halogens is 2. The Kier molecular flexibility index (Phi) is 2.42. The molecule has 1 heterocycles. The normalized spacial score (nSPS) is 10.1. The molecule has 68 valence electrons. The molecule has 0 saturated carbocycles. The molecule has 1 aromatic rings. The molecule has 5 heteroatoms. The average Bonchev–Trinajstić information content (AvgIpc) is 2.08. The minimum atomic E-state index is -2.80. The first-order valence-electron chi connectivity index (χ1n) is 3.44. The zero-order valence-corrected chi connectivity index (χ0v) is 6.75. The zero-order valence-electron chi connectivity index (χ0n) is 6.75. The van der Waals surface area contributed by atoms with E-state index in [2.05, 4.69) is 4.98 Å². The molecular weight excluding hydrogens is 178 g/mol. The van der Waals surface area contributed by atoms with E-state index in [1.54, 1.807) is 6.07 Å². The molecule has 0 spiro atoms. The van der Waals surface area contributed by atoms with Crippen LogP contribution in [0.1, 0.15) is 23.2 Å². The number of aromatic hydroxyl groups is 1. The summed E-state index contributed by atoms with van der Waals surface area (Å²) in [5.74, 6) is -0.325. The molecule has 1 rings (SSSR count). The van der Waals surface area contributed by atoms with Crippen molar-refractivity contribution in [1.82, 2.24) is 4.98 Å². The smallest absolute Gasteiger partial charge is 0.267 e. The summed E-state index contributed by atoms with van der Waals surface area (Å²) < 4.78 is 24.7. The molecule has 0 radical (unpaired) electrons. The van der Waals surface area contributed by atoms with Gasteiger partial charge in [-0.2, -0.15) is 5.26 Å². The fourth-order valence-electron chi connectivity index (χ4n) is 0.964. The van der Waals surface area contributed by atoms with Crippen LogP contribution in [0.25, 0.3) is 0 Å². The molecule has 0 bridgehead atoms. The standard InChI is InChI=1S/C8H6F2N2O/c1-4-6(13)3-12-5(2-11)7(4)8(9)10/h3,8,13H,1H3. The molecule has 0 saturated heterocycles. The minimum absolute atomic E-state index is 0.00144. The number of pyridine rings is 1. The SMILES string of the molecule is Cc1c(O)cnc(C#N)c1C(F)F. The lowest BCUT2D eigenvalue weighted by Gasteiger charge is -2.06. The summed E-state index contributed by atoms with van der Waals surface area (Å²) in [5.41, 5.74) is -0.839. The van der Waals surface area contributed by atoms with Gasteiger partial charge >= 0.3 is 0 Å². The van der Waals surface area contributed by atoms with Crippen LogP contribution < -0.4 is 0 Å².